The molecule has 1 amide bonds. The highest BCUT2D eigenvalue weighted by molar-refractivity contribution is 5.95. The molecule has 162 valence electrons. The van der Waals surface area contributed by atoms with Crippen molar-refractivity contribution in [3.05, 3.63) is 102 Å². The van der Waals surface area contributed by atoms with Crippen LogP contribution in [-0.4, -0.2) is 27.2 Å². The van der Waals surface area contributed by atoms with E-state index in [9.17, 15) is 4.79 Å². The van der Waals surface area contributed by atoms with Gasteiger partial charge < -0.3 is 10.6 Å². The molecule has 0 saturated heterocycles. The van der Waals surface area contributed by atoms with Gasteiger partial charge in [0.1, 0.15) is 11.9 Å². The van der Waals surface area contributed by atoms with Crippen molar-refractivity contribution >= 4 is 11.7 Å². The lowest BCUT2D eigenvalue weighted by atomic mass is 10.0. The molecule has 0 aliphatic heterocycles. The summed E-state index contributed by atoms with van der Waals surface area (Å²) in [7, 11) is 1.88. The van der Waals surface area contributed by atoms with Crippen molar-refractivity contribution in [2.75, 3.05) is 11.9 Å². The summed E-state index contributed by atoms with van der Waals surface area (Å²) in [6, 6.07) is 21.5. The van der Waals surface area contributed by atoms with Crippen LogP contribution in [0.25, 0.3) is 11.1 Å². The average Bonchev–Trinajstić information content (AvgIpc) is 3.25. The third-order valence-corrected chi connectivity index (χ3v) is 5.33. The van der Waals surface area contributed by atoms with Crippen molar-refractivity contribution in [2.24, 2.45) is 7.05 Å². The Balaban J connectivity index is 1.47. The van der Waals surface area contributed by atoms with Gasteiger partial charge >= 0.3 is 0 Å². The molecule has 0 radical (unpaired) electrons. The topological polar surface area (TPSA) is 71.8 Å². The summed E-state index contributed by atoms with van der Waals surface area (Å²) in [5, 5.41) is 10.6. The van der Waals surface area contributed by atoms with Crippen LogP contribution in [0.1, 0.15) is 22.7 Å². The molecule has 0 unspecified atom stereocenters. The predicted octanol–water partition coefficient (Wildman–Crippen LogP) is 4.30. The standard InChI is InChI=1S/C26H27N5O/c1-19-8-10-20(11-9-19)12-14-28-25(21-6-4-3-5-7-21)26(32)30-24-16-22(13-15-27-24)23-17-29-31(2)18-23/h3-11,13,15-18,25,28H,12,14H2,1-2H3,(H,27,30,32)/t25-/m0/s1. The minimum Gasteiger partial charge on any atom is -0.309 e. The molecule has 0 saturated carbocycles. The Morgan fingerprint density at radius 2 is 1.81 bits per heavy atom. The second-order valence-corrected chi connectivity index (χ2v) is 7.86. The van der Waals surface area contributed by atoms with Crippen LogP contribution in [0.3, 0.4) is 0 Å². The lowest BCUT2D eigenvalue weighted by Gasteiger charge is -2.19. The first-order valence-electron chi connectivity index (χ1n) is 10.7. The summed E-state index contributed by atoms with van der Waals surface area (Å²) >= 11 is 0. The van der Waals surface area contributed by atoms with Crippen molar-refractivity contribution in [3.63, 3.8) is 0 Å². The van der Waals surface area contributed by atoms with Gasteiger partial charge in [0, 0.05) is 31.5 Å². The van der Waals surface area contributed by atoms with Gasteiger partial charge in [0.2, 0.25) is 5.91 Å². The van der Waals surface area contributed by atoms with Crippen molar-refractivity contribution < 1.29 is 4.79 Å². The van der Waals surface area contributed by atoms with E-state index in [1.165, 1.54) is 11.1 Å². The third kappa shape index (κ3) is 5.47. The molecule has 4 rings (SSSR count). The zero-order valence-electron chi connectivity index (χ0n) is 18.3. The fourth-order valence-electron chi connectivity index (χ4n) is 3.57. The van der Waals surface area contributed by atoms with Crippen LogP contribution in [0, 0.1) is 6.92 Å². The van der Waals surface area contributed by atoms with Gasteiger partial charge in [-0.05, 0) is 42.2 Å². The number of nitrogens with one attached hydrogen (secondary N) is 2. The summed E-state index contributed by atoms with van der Waals surface area (Å²) in [4.78, 5) is 17.6. The lowest BCUT2D eigenvalue weighted by Crippen LogP contribution is -2.34. The third-order valence-electron chi connectivity index (χ3n) is 5.33. The molecule has 0 bridgehead atoms. The summed E-state index contributed by atoms with van der Waals surface area (Å²) in [6.07, 6.45) is 6.26. The largest absolute Gasteiger partial charge is 0.309 e. The molecule has 32 heavy (non-hydrogen) atoms. The Bertz CT molecular complexity index is 1170. The van der Waals surface area contributed by atoms with Crippen LogP contribution in [0.15, 0.2) is 85.3 Å². The first kappa shape index (κ1) is 21.5. The van der Waals surface area contributed by atoms with E-state index in [-0.39, 0.29) is 5.91 Å². The highest BCUT2D eigenvalue weighted by atomic mass is 16.2. The Labute approximate surface area is 188 Å². The number of amides is 1. The maximum atomic E-state index is 13.2. The molecule has 0 aliphatic rings. The number of aryl methyl sites for hydroxylation is 2. The molecule has 0 aliphatic carbocycles. The number of carbonyl (C=O) groups excluding carboxylic acids is 1. The highest BCUT2D eigenvalue weighted by Crippen LogP contribution is 2.21. The Morgan fingerprint density at radius 1 is 1.03 bits per heavy atom. The Kier molecular flexibility index (Phi) is 6.72. The van der Waals surface area contributed by atoms with Crippen molar-refractivity contribution in [3.8, 4) is 11.1 Å². The minimum atomic E-state index is -0.481. The van der Waals surface area contributed by atoms with Gasteiger partial charge in [-0.25, -0.2) is 4.98 Å². The van der Waals surface area contributed by atoms with Gasteiger partial charge in [0.25, 0.3) is 0 Å². The number of carbonyl (C=O) groups is 1. The zero-order chi connectivity index (χ0) is 22.3. The van der Waals surface area contributed by atoms with Crippen LogP contribution >= 0.6 is 0 Å². The molecule has 4 aromatic rings. The van der Waals surface area contributed by atoms with E-state index >= 15 is 0 Å². The molecular weight excluding hydrogens is 398 g/mol. The maximum Gasteiger partial charge on any atom is 0.247 e. The van der Waals surface area contributed by atoms with E-state index in [4.69, 9.17) is 0 Å². The summed E-state index contributed by atoms with van der Waals surface area (Å²) in [5.41, 5.74) is 5.32. The summed E-state index contributed by atoms with van der Waals surface area (Å²) < 4.78 is 1.75. The molecule has 2 heterocycles. The van der Waals surface area contributed by atoms with E-state index in [0.29, 0.717) is 12.4 Å². The van der Waals surface area contributed by atoms with Gasteiger partial charge in [0.15, 0.2) is 0 Å². The number of nitrogens with zero attached hydrogens (tertiary/aromatic N) is 3. The molecule has 0 fully saturated rings. The van der Waals surface area contributed by atoms with Crippen LogP contribution in [0.5, 0.6) is 0 Å². The number of pyridine rings is 1. The monoisotopic (exact) mass is 425 g/mol. The average molecular weight is 426 g/mol. The summed E-state index contributed by atoms with van der Waals surface area (Å²) in [6.45, 7) is 2.76. The summed E-state index contributed by atoms with van der Waals surface area (Å²) in [5.74, 6) is 0.369. The van der Waals surface area contributed by atoms with Gasteiger partial charge in [-0.3, -0.25) is 9.48 Å². The van der Waals surface area contributed by atoms with Crippen molar-refractivity contribution in [1.29, 1.82) is 0 Å². The number of anilines is 1. The molecule has 0 spiro atoms. The number of aromatic nitrogens is 3. The van der Waals surface area contributed by atoms with Crippen molar-refractivity contribution in [2.45, 2.75) is 19.4 Å². The second kappa shape index (κ2) is 10.0. The van der Waals surface area contributed by atoms with Gasteiger partial charge in [0.05, 0.1) is 6.20 Å². The first-order valence-corrected chi connectivity index (χ1v) is 10.7. The number of benzene rings is 2. The van der Waals surface area contributed by atoms with Crippen molar-refractivity contribution in [1.82, 2.24) is 20.1 Å². The first-order chi connectivity index (χ1) is 15.6. The number of rotatable bonds is 8. The highest BCUT2D eigenvalue weighted by Gasteiger charge is 2.20. The smallest absolute Gasteiger partial charge is 0.247 e. The SMILES string of the molecule is Cc1ccc(CCN[C@H](C(=O)Nc2cc(-c3cnn(C)c3)ccn2)c2ccccc2)cc1. The molecule has 2 aromatic carbocycles. The van der Waals surface area contributed by atoms with E-state index in [0.717, 1.165) is 23.1 Å². The van der Waals surface area contributed by atoms with Crippen LogP contribution in [0.4, 0.5) is 5.82 Å². The Hall–Kier alpha value is -3.77. The van der Waals surface area contributed by atoms with Crippen LogP contribution in [0.2, 0.25) is 0 Å². The molecule has 6 heteroatoms. The second-order valence-electron chi connectivity index (χ2n) is 7.86. The van der Waals surface area contributed by atoms with Gasteiger partial charge in [-0.15, -0.1) is 0 Å². The van der Waals surface area contributed by atoms with E-state index in [2.05, 4.69) is 51.9 Å². The molecular formula is C26H27N5O. The lowest BCUT2D eigenvalue weighted by molar-refractivity contribution is -0.118. The van der Waals surface area contributed by atoms with E-state index in [1.54, 1.807) is 17.1 Å². The van der Waals surface area contributed by atoms with Gasteiger partial charge in [-0.1, -0.05) is 60.2 Å². The van der Waals surface area contributed by atoms with Gasteiger partial charge in [-0.2, -0.15) is 5.10 Å². The molecule has 6 nitrogen and oxygen atoms in total. The number of hydrogen-bond acceptors (Lipinski definition) is 4. The zero-order valence-corrected chi connectivity index (χ0v) is 18.3. The fraction of sp³-hybridized carbons (Fsp3) is 0.192. The van der Waals surface area contributed by atoms with Crippen LogP contribution in [-0.2, 0) is 18.3 Å². The Morgan fingerprint density at radius 3 is 2.53 bits per heavy atom. The predicted molar refractivity (Wildman–Crippen MR) is 127 cm³/mol. The van der Waals surface area contributed by atoms with E-state index in [1.807, 2.05) is 55.7 Å². The minimum absolute atomic E-state index is 0.143. The van der Waals surface area contributed by atoms with Crippen LogP contribution < -0.4 is 10.6 Å². The molecule has 2 aromatic heterocycles. The fourth-order valence-corrected chi connectivity index (χ4v) is 3.57. The normalized spacial score (nSPS) is 11.8. The molecule has 1 atom stereocenters. The maximum absolute atomic E-state index is 13.2. The number of hydrogen-bond donors (Lipinski definition) is 2. The quantitative estimate of drug-likeness (QED) is 0.441. The van der Waals surface area contributed by atoms with E-state index < -0.39 is 6.04 Å². The molecule has 2 N–H and O–H groups in total.